The number of nitrogens with one attached hydrogen (secondary N) is 1. The lowest BCUT2D eigenvalue weighted by atomic mass is 10.4. The Labute approximate surface area is 108 Å². The van der Waals surface area contributed by atoms with Gasteiger partial charge in [-0.2, -0.15) is 0 Å². The number of rotatable bonds is 6. The molecule has 5 nitrogen and oxygen atoms in total. The van der Waals surface area contributed by atoms with E-state index in [4.69, 9.17) is 5.11 Å². The number of aryl methyl sites for hydroxylation is 1. The number of carbonyl (C=O) groups excluding carboxylic acids is 1. The Bertz CT molecular complexity index is 418. The van der Waals surface area contributed by atoms with Gasteiger partial charge >= 0.3 is 5.97 Å². The van der Waals surface area contributed by atoms with Crippen molar-refractivity contribution in [1.82, 2.24) is 10.3 Å². The normalized spacial score (nSPS) is 10.2. The first kappa shape index (κ1) is 14.0. The zero-order valence-corrected chi connectivity index (χ0v) is 11.3. The lowest BCUT2D eigenvalue weighted by Gasteiger charge is -2.00. The number of nitrogens with zero attached hydrogens (tertiary/aromatic N) is 1. The molecule has 7 heteroatoms. The maximum absolute atomic E-state index is 11.3. The molecule has 0 aliphatic carbocycles. The van der Waals surface area contributed by atoms with Gasteiger partial charge in [-0.25, -0.2) is 9.78 Å². The second-order valence-corrected chi connectivity index (χ2v) is 5.56. The standard InChI is InChI=1S/C10H14N2O3S2/c1-3-4-11-7(13)5-16-10-12-6(2)8(17-10)9(14)15/h3-5H2,1-2H3,(H,11,13)(H,14,15). The largest absolute Gasteiger partial charge is 0.477 e. The highest BCUT2D eigenvalue weighted by molar-refractivity contribution is 8.01. The first-order chi connectivity index (χ1) is 8.04. The maximum atomic E-state index is 11.3. The van der Waals surface area contributed by atoms with Gasteiger partial charge in [0.15, 0.2) is 4.34 Å². The molecule has 0 aliphatic heterocycles. The first-order valence-electron chi connectivity index (χ1n) is 5.14. The molecular weight excluding hydrogens is 260 g/mol. The van der Waals surface area contributed by atoms with Crippen molar-refractivity contribution in [2.45, 2.75) is 24.6 Å². The van der Waals surface area contributed by atoms with Gasteiger partial charge in [-0.15, -0.1) is 11.3 Å². The minimum atomic E-state index is -0.970. The second kappa shape index (κ2) is 6.61. The van der Waals surface area contributed by atoms with E-state index in [0.29, 0.717) is 16.6 Å². The van der Waals surface area contributed by atoms with Crippen molar-refractivity contribution in [2.75, 3.05) is 12.3 Å². The molecule has 0 spiro atoms. The summed E-state index contributed by atoms with van der Waals surface area (Å²) in [5.41, 5.74) is 0.499. The average Bonchev–Trinajstić information content (AvgIpc) is 2.65. The molecule has 1 heterocycles. The van der Waals surface area contributed by atoms with Gasteiger partial charge in [0.1, 0.15) is 4.88 Å². The van der Waals surface area contributed by atoms with Gasteiger partial charge in [0.2, 0.25) is 5.91 Å². The Morgan fingerprint density at radius 1 is 1.53 bits per heavy atom. The third-order valence-corrected chi connectivity index (χ3v) is 4.16. The van der Waals surface area contributed by atoms with Crippen molar-refractivity contribution >= 4 is 35.0 Å². The van der Waals surface area contributed by atoms with E-state index in [0.717, 1.165) is 17.8 Å². The van der Waals surface area contributed by atoms with Crippen LogP contribution in [0.5, 0.6) is 0 Å². The monoisotopic (exact) mass is 274 g/mol. The molecule has 2 N–H and O–H groups in total. The summed E-state index contributed by atoms with van der Waals surface area (Å²) in [5.74, 6) is -0.754. The van der Waals surface area contributed by atoms with E-state index in [1.165, 1.54) is 11.8 Å². The molecule has 1 amide bonds. The molecule has 0 radical (unpaired) electrons. The number of carboxylic acid groups (broad SMARTS) is 1. The summed E-state index contributed by atoms with van der Waals surface area (Å²) < 4.78 is 0.617. The van der Waals surface area contributed by atoms with Crippen LogP contribution >= 0.6 is 23.1 Å². The van der Waals surface area contributed by atoms with E-state index in [1.807, 2.05) is 6.92 Å². The molecule has 0 unspecified atom stereocenters. The summed E-state index contributed by atoms with van der Waals surface area (Å²) in [6.45, 7) is 4.30. The minimum Gasteiger partial charge on any atom is -0.477 e. The Hall–Kier alpha value is -1.08. The summed E-state index contributed by atoms with van der Waals surface area (Å²) >= 11 is 2.37. The smallest absolute Gasteiger partial charge is 0.347 e. The first-order valence-corrected chi connectivity index (χ1v) is 6.95. The number of carbonyl (C=O) groups is 2. The lowest BCUT2D eigenvalue weighted by molar-refractivity contribution is -0.118. The van der Waals surface area contributed by atoms with Gasteiger partial charge in [-0.3, -0.25) is 4.79 Å². The van der Waals surface area contributed by atoms with Crippen LogP contribution in [0.1, 0.15) is 28.7 Å². The molecule has 0 saturated heterocycles. The molecule has 0 saturated carbocycles. The highest BCUT2D eigenvalue weighted by atomic mass is 32.2. The van der Waals surface area contributed by atoms with Crippen molar-refractivity contribution in [3.63, 3.8) is 0 Å². The van der Waals surface area contributed by atoms with E-state index >= 15 is 0 Å². The van der Waals surface area contributed by atoms with E-state index in [2.05, 4.69) is 10.3 Å². The van der Waals surface area contributed by atoms with Crippen LogP contribution in [0, 0.1) is 6.92 Å². The zero-order valence-electron chi connectivity index (χ0n) is 9.65. The van der Waals surface area contributed by atoms with E-state index < -0.39 is 5.97 Å². The number of thioether (sulfide) groups is 1. The highest BCUT2D eigenvalue weighted by Crippen LogP contribution is 2.26. The molecule has 0 aromatic carbocycles. The number of amides is 1. The summed E-state index contributed by atoms with van der Waals surface area (Å²) in [5, 5.41) is 11.6. The van der Waals surface area contributed by atoms with Crippen LogP contribution < -0.4 is 5.32 Å². The molecule has 0 aliphatic rings. The van der Waals surface area contributed by atoms with Crippen molar-refractivity contribution in [1.29, 1.82) is 0 Å². The van der Waals surface area contributed by atoms with Gasteiger partial charge in [0, 0.05) is 6.54 Å². The molecule has 0 bridgehead atoms. The summed E-state index contributed by atoms with van der Waals surface area (Å²) in [6, 6.07) is 0. The summed E-state index contributed by atoms with van der Waals surface area (Å²) in [4.78, 5) is 26.5. The number of hydrogen-bond donors (Lipinski definition) is 2. The molecule has 17 heavy (non-hydrogen) atoms. The quantitative estimate of drug-likeness (QED) is 0.773. The number of thiazole rings is 1. The number of aromatic carboxylic acids is 1. The van der Waals surface area contributed by atoms with Crippen molar-refractivity contribution in [3.05, 3.63) is 10.6 Å². The van der Waals surface area contributed by atoms with Gasteiger partial charge in [0.25, 0.3) is 0 Å². The summed E-state index contributed by atoms with van der Waals surface area (Å²) in [6.07, 6.45) is 0.899. The molecule has 1 aromatic heterocycles. The second-order valence-electron chi connectivity index (χ2n) is 3.34. The average molecular weight is 274 g/mol. The highest BCUT2D eigenvalue weighted by Gasteiger charge is 2.14. The lowest BCUT2D eigenvalue weighted by Crippen LogP contribution is -2.25. The minimum absolute atomic E-state index is 0.0541. The van der Waals surface area contributed by atoms with Crippen molar-refractivity contribution in [3.8, 4) is 0 Å². The predicted molar refractivity (Wildman–Crippen MR) is 67.8 cm³/mol. The van der Waals surface area contributed by atoms with E-state index in [-0.39, 0.29) is 16.5 Å². The molecule has 1 rings (SSSR count). The molecule has 0 fully saturated rings. The number of carboxylic acids is 1. The van der Waals surface area contributed by atoms with Gasteiger partial charge in [-0.05, 0) is 13.3 Å². The summed E-state index contributed by atoms with van der Waals surface area (Å²) in [7, 11) is 0. The van der Waals surface area contributed by atoms with Crippen LogP contribution in [0.4, 0.5) is 0 Å². The van der Waals surface area contributed by atoms with Gasteiger partial charge in [0.05, 0.1) is 11.4 Å². The topological polar surface area (TPSA) is 79.3 Å². The van der Waals surface area contributed by atoms with Crippen molar-refractivity contribution < 1.29 is 14.7 Å². The predicted octanol–water partition coefficient (Wildman–Crippen LogP) is 1.77. The van der Waals surface area contributed by atoms with Crippen LogP contribution in [0.25, 0.3) is 0 Å². The Balaban J connectivity index is 2.50. The van der Waals surface area contributed by atoms with Crippen LogP contribution in [0.2, 0.25) is 0 Å². The van der Waals surface area contributed by atoms with Gasteiger partial charge < -0.3 is 10.4 Å². The Kier molecular flexibility index (Phi) is 5.43. The molecular formula is C10H14N2O3S2. The maximum Gasteiger partial charge on any atom is 0.347 e. The SMILES string of the molecule is CCCNC(=O)CSc1nc(C)c(C(=O)O)s1. The number of hydrogen-bond acceptors (Lipinski definition) is 5. The van der Waals surface area contributed by atoms with Crippen LogP contribution in [0.15, 0.2) is 4.34 Å². The fourth-order valence-electron chi connectivity index (χ4n) is 1.07. The van der Waals surface area contributed by atoms with E-state index in [9.17, 15) is 9.59 Å². The molecule has 94 valence electrons. The zero-order chi connectivity index (χ0) is 12.8. The Morgan fingerprint density at radius 3 is 2.76 bits per heavy atom. The molecule has 1 aromatic rings. The van der Waals surface area contributed by atoms with Crippen LogP contribution in [0.3, 0.4) is 0 Å². The third-order valence-electron chi connectivity index (χ3n) is 1.87. The van der Waals surface area contributed by atoms with Crippen molar-refractivity contribution in [2.24, 2.45) is 0 Å². The number of aromatic nitrogens is 1. The fourth-order valence-corrected chi connectivity index (χ4v) is 2.93. The Morgan fingerprint density at radius 2 is 2.24 bits per heavy atom. The van der Waals surface area contributed by atoms with E-state index in [1.54, 1.807) is 6.92 Å². The fraction of sp³-hybridized carbons (Fsp3) is 0.500. The van der Waals surface area contributed by atoms with Crippen LogP contribution in [-0.4, -0.2) is 34.3 Å². The van der Waals surface area contributed by atoms with Crippen LogP contribution in [-0.2, 0) is 4.79 Å². The molecule has 0 atom stereocenters. The third kappa shape index (κ3) is 4.35. The van der Waals surface area contributed by atoms with Gasteiger partial charge in [-0.1, -0.05) is 18.7 Å².